The normalized spacial score (nSPS) is 16.5. The molecular weight excluding hydrogens is 154 g/mol. The third kappa shape index (κ3) is 4.70. The molecule has 3 heteroatoms. The molecule has 0 rings (SSSR count). The quantitative estimate of drug-likeness (QED) is 0.594. The van der Waals surface area contributed by atoms with E-state index in [1.54, 1.807) is 6.92 Å². The Hall–Kier alpha value is -0.120. The number of rotatable bonds is 6. The number of hydrogen-bond donors (Lipinski definition) is 2. The zero-order valence-electron chi connectivity index (χ0n) is 8.29. The van der Waals surface area contributed by atoms with E-state index >= 15 is 0 Å². The molecule has 0 aromatic carbocycles. The van der Waals surface area contributed by atoms with Crippen molar-refractivity contribution in [1.29, 1.82) is 0 Å². The van der Waals surface area contributed by atoms with Crippen molar-refractivity contribution in [2.24, 2.45) is 11.7 Å². The van der Waals surface area contributed by atoms with Crippen LogP contribution in [0, 0.1) is 5.92 Å². The van der Waals surface area contributed by atoms with Crippen LogP contribution in [0.2, 0.25) is 0 Å². The highest BCUT2D eigenvalue weighted by Crippen LogP contribution is 2.08. The number of hydrogen-bond acceptors (Lipinski definition) is 3. The second-order valence-electron chi connectivity index (χ2n) is 3.27. The molecule has 0 radical (unpaired) electrons. The van der Waals surface area contributed by atoms with Gasteiger partial charge >= 0.3 is 0 Å². The lowest BCUT2D eigenvalue weighted by molar-refractivity contribution is -0.120. The van der Waals surface area contributed by atoms with Crippen molar-refractivity contribution in [3.63, 3.8) is 0 Å². The van der Waals surface area contributed by atoms with Crippen LogP contribution in [0.15, 0.2) is 0 Å². The number of aliphatic hydroxyl groups is 1. The summed E-state index contributed by atoms with van der Waals surface area (Å²) >= 11 is 0. The van der Waals surface area contributed by atoms with Gasteiger partial charge in [-0.1, -0.05) is 26.7 Å². The topological polar surface area (TPSA) is 55.5 Å². The molecule has 0 spiro atoms. The molecule has 0 aromatic heterocycles. The van der Waals surface area contributed by atoms with Crippen LogP contribution in [0.5, 0.6) is 0 Å². The van der Waals surface area contributed by atoms with E-state index in [0.717, 1.165) is 12.8 Å². The minimum atomic E-state index is -0.814. The Morgan fingerprint density at radius 3 is 2.17 bits per heavy atom. The van der Waals surface area contributed by atoms with Gasteiger partial charge in [-0.3, -0.25) is 0 Å². The van der Waals surface area contributed by atoms with E-state index < -0.39 is 6.29 Å². The van der Waals surface area contributed by atoms with E-state index in [1.165, 1.54) is 0 Å². The maximum Gasteiger partial charge on any atom is 0.169 e. The summed E-state index contributed by atoms with van der Waals surface area (Å²) in [7, 11) is 0. The summed E-state index contributed by atoms with van der Waals surface area (Å²) in [6.07, 6.45) is 1.36. The molecule has 1 unspecified atom stereocenters. The van der Waals surface area contributed by atoms with E-state index in [1.807, 2.05) is 0 Å². The standard InChI is InChI=1S/C9H21NO2/c1-4-8(5-2)6-12-9(11)7(3)10/h7-9,11H,4-6,10H2,1-3H3/t7-,9?/m0/s1. The molecule has 12 heavy (non-hydrogen) atoms. The number of nitrogens with two attached hydrogens (primary N) is 1. The molecule has 74 valence electrons. The average Bonchev–Trinajstić information content (AvgIpc) is 2.05. The van der Waals surface area contributed by atoms with Gasteiger partial charge in [-0.25, -0.2) is 0 Å². The Balaban J connectivity index is 3.51. The van der Waals surface area contributed by atoms with Crippen molar-refractivity contribution < 1.29 is 9.84 Å². The Morgan fingerprint density at radius 2 is 1.83 bits per heavy atom. The lowest BCUT2D eigenvalue weighted by atomic mass is 10.1. The highest BCUT2D eigenvalue weighted by molar-refractivity contribution is 4.58. The second-order valence-corrected chi connectivity index (χ2v) is 3.27. The van der Waals surface area contributed by atoms with Crippen LogP contribution in [0.4, 0.5) is 0 Å². The Kier molecular flexibility index (Phi) is 6.34. The van der Waals surface area contributed by atoms with Gasteiger partial charge < -0.3 is 15.6 Å². The minimum Gasteiger partial charge on any atom is -0.367 e. The lowest BCUT2D eigenvalue weighted by Crippen LogP contribution is -2.34. The van der Waals surface area contributed by atoms with E-state index in [9.17, 15) is 5.11 Å². The van der Waals surface area contributed by atoms with Crippen molar-refractivity contribution >= 4 is 0 Å². The Bertz CT molecular complexity index is 101. The van der Waals surface area contributed by atoms with Crippen molar-refractivity contribution in [2.75, 3.05) is 6.61 Å². The summed E-state index contributed by atoms with van der Waals surface area (Å²) in [5, 5.41) is 9.22. The van der Waals surface area contributed by atoms with Crippen LogP contribution < -0.4 is 5.73 Å². The third-order valence-electron chi connectivity index (χ3n) is 2.11. The molecular formula is C9H21NO2. The smallest absolute Gasteiger partial charge is 0.169 e. The monoisotopic (exact) mass is 175 g/mol. The SMILES string of the molecule is CCC(CC)COC(O)[C@H](C)N. The van der Waals surface area contributed by atoms with Gasteiger partial charge in [0, 0.05) is 0 Å². The molecule has 0 heterocycles. The summed E-state index contributed by atoms with van der Waals surface area (Å²) in [6.45, 7) is 6.58. The van der Waals surface area contributed by atoms with E-state index in [0.29, 0.717) is 12.5 Å². The summed E-state index contributed by atoms with van der Waals surface area (Å²) in [5.41, 5.74) is 5.43. The first-order chi connectivity index (χ1) is 5.61. The van der Waals surface area contributed by atoms with Gasteiger partial charge in [0.25, 0.3) is 0 Å². The summed E-state index contributed by atoms with van der Waals surface area (Å²) in [6, 6.07) is -0.306. The molecule has 0 aliphatic rings. The highest BCUT2D eigenvalue weighted by atomic mass is 16.6. The first kappa shape index (κ1) is 11.9. The maximum absolute atomic E-state index is 9.22. The molecule has 3 nitrogen and oxygen atoms in total. The van der Waals surface area contributed by atoms with Crippen molar-refractivity contribution in [3.8, 4) is 0 Å². The molecule has 0 saturated carbocycles. The van der Waals surface area contributed by atoms with Crippen LogP contribution in [-0.4, -0.2) is 24.0 Å². The molecule has 3 N–H and O–H groups in total. The van der Waals surface area contributed by atoms with Gasteiger partial charge in [-0.15, -0.1) is 0 Å². The van der Waals surface area contributed by atoms with Crippen molar-refractivity contribution in [2.45, 2.75) is 45.9 Å². The van der Waals surface area contributed by atoms with Crippen LogP contribution in [0.3, 0.4) is 0 Å². The maximum atomic E-state index is 9.22. The number of aliphatic hydroxyl groups excluding tert-OH is 1. The Labute approximate surface area is 74.9 Å². The molecule has 0 aromatic rings. The van der Waals surface area contributed by atoms with Crippen LogP contribution in [-0.2, 0) is 4.74 Å². The Morgan fingerprint density at radius 1 is 1.33 bits per heavy atom. The molecule has 0 saturated heterocycles. The molecule has 0 amide bonds. The predicted octanol–water partition coefficient (Wildman–Crippen LogP) is 1.10. The van der Waals surface area contributed by atoms with E-state index in [-0.39, 0.29) is 6.04 Å². The van der Waals surface area contributed by atoms with Crippen molar-refractivity contribution in [3.05, 3.63) is 0 Å². The molecule has 0 fully saturated rings. The van der Waals surface area contributed by atoms with Crippen LogP contribution in [0.25, 0.3) is 0 Å². The second kappa shape index (κ2) is 6.40. The van der Waals surface area contributed by atoms with E-state index in [2.05, 4.69) is 13.8 Å². The minimum absolute atomic E-state index is 0.306. The third-order valence-corrected chi connectivity index (χ3v) is 2.11. The van der Waals surface area contributed by atoms with E-state index in [4.69, 9.17) is 10.5 Å². The number of ether oxygens (including phenoxy) is 1. The molecule has 2 atom stereocenters. The average molecular weight is 175 g/mol. The summed E-state index contributed by atoms with van der Waals surface area (Å²) < 4.78 is 5.18. The first-order valence-corrected chi connectivity index (χ1v) is 4.67. The van der Waals surface area contributed by atoms with Crippen molar-refractivity contribution in [1.82, 2.24) is 0 Å². The fourth-order valence-electron chi connectivity index (χ4n) is 0.911. The fourth-order valence-corrected chi connectivity index (χ4v) is 0.911. The van der Waals surface area contributed by atoms with Gasteiger partial charge in [0.2, 0.25) is 0 Å². The zero-order chi connectivity index (χ0) is 9.56. The van der Waals surface area contributed by atoms with Gasteiger partial charge in [-0.05, 0) is 12.8 Å². The van der Waals surface area contributed by atoms with Crippen LogP contribution in [0.1, 0.15) is 33.6 Å². The molecule has 0 aliphatic carbocycles. The van der Waals surface area contributed by atoms with Gasteiger partial charge in [-0.2, -0.15) is 0 Å². The highest BCUT2D eigenvalue weighted by Gasteiger charge is 2.11. The predicted molar refractivity (Wildman–Crippen MR) is 49.7 cm³/mol. The summed E-state index contributed by atoms with van der Waals surface area (Å²) in [4.78, 5) is 0. The molecule has 0 bridgehead atoms. The lowest BCUT2D eigenvalue weighted by Gasteiger charge is -2.19. The fraction of sp³-hybridized carbons (Fsp3) is 1.00. The van der Waals surface area contributed by atoms with Gasteiger partial charge in [0.1, 0.15) is 0 Å². The molecule has 0 aliphatic heterocycles. The first-order valence-electron chi connectivity index (χ1n) is 4.67. The van der Waals surface area contributed by atoms with Crippen LogP contribution >= 0.6 is 0 Å². The zero-order valence-corrected chi connectivity index (χ0v) is 8.29. The largest absolute Gasteiger partial charge is 0.367 e. The summed E-state index contributed by atoms with van der Waals surface area (Å²) in [5.74, 6) is 0.540. The van der Waals surface area contributed by atoms with Gasteiger partial charge in [0.05, 0.1) is 12.6 Å². The van der Waals surface area contributed by atoms with Gasteiger partial charge in [0.15, 0.2) is 6.29 Å².